The van der Waals surface area contributed by atoms with Crippen molar-refractivity contribution in [3.63, 3.8) is 0 Å². The second kappa shape index (κ2) is 8.19. The molecule has 0 radical (unpaired) electrons. The van der Waals surface area contributed by atoms with E-state index in [0.717, 1.165) is 19.3 Å². The average Bonchev–Trinajstić information content (AvgIpc) is 2.23. The standard InChI is InChI=1S/C9H18N2O4/c1-2-3-4-5-14-8(12)6-7(10)9(13)15-11/h7H,2-6,10-11H2,1H3. The molecular formula is C9H18N2O4. The molecule has 0 saturated heterocycles. The molecule has 0 spiro atoms. The van der Waals surface area contributed by atoms with E-state index in [1.54, 1.807) is 0 Å². The van der Waals surface area contributed by atoms with Gasteiger partial charge in [0.1, 0.15) is 6.04 Å². The highest BCUT2D eigenvalue weighted by Gasteiger charge is 2.19. The van der Waals surface area contributed by atoms with E-state index < -0.39 is 18.0 Å². The number of hydrogen-bond donors (Lipinski definition) is 2. The Labute approximate surface area is 88.8 Å². The average molecular weight is 218 g/mol. The molecule has 0 aromatic rings. The van der Waals surface area contributed by atoms with Gasteiger partial charge in [0.05, 0.1) is 13.0 Å². The largest absolute Gasteiger partial charge is 0.466 e. The maximum atomic E-state index is 11.1. The second-order valence-electron chi connectivity index (χ2n) is 3.18. The first-order chi connectivity index (χ1) is 7.11. The lowest BCUT2D eigenvalue weighted by Crippen LogP contribution is -2.36. The first-order valence-corrected chi connectivity index (χ1v) is 4.93. The van der Waals surface area contributed by atoms with Gasteiger partial charge in [-0.2, -0.15) is 5.90 Å². The Bertz CT molecular complexity index is 208. The molecule has 0 rings (SSSR count). The fraction of sp³-hybridized carbons (Fsp3) is 0.778. The van der Waals surface area contributed by atoms with E-state index in [2.05, 4.69) is 17.7 Å². The maximum absolute atomic E-state index is 11.1. The van der Waals surface area contributed by atoms with Crippen molar-refractivity contribution >= 4 is 11.9 Å². The SMILES string of the molecule is CCCCCOC(=O)CC(N)C(=O)ON. The second-order valence-corrected chi connectivity index (χ2v) is 3.18. The molecule has 0 fully saturated rings. The highest BCUT2D eigenvalue weighted by Crippen LogP contribution is 1.98. The van der Waals surface area contributed by atoms with Gasteiger partial charge in [-0.25, -0.2) is 4.79 Å². The maximum Gasteiger partial charge on any atom is 0.341 e. The number of nitrogens with two attached hydrogens (primary N) is 2. The summed E-state index contributed by atoms with van der Waals surface area (Å²) in [5, 5.41) is 0. The predicted octanol–water partition coefficient (Wildman–Crippen LogP) is -0.146. The molecule has 0 bridgehead atoms. The summed E-state index contributed by atoms with van der Waals surface area (Å²) in [6.45, 7) is 2.41. The van der Waals surface area contributed by atoms with E-state index in [-0.39, 0.29) is 6.42 Å². The zero-order valence-electron chi connectivity index (χ0n) is 8.90. The Hall–Kier alpha value is -1.14. The minimum Gasteiger partial charge on any atom is -0.466 e. The lowest BCUT2D eigenvalue weighted by atomic mass is 10.2. The number of rotatable bonds is 7. The van der Waals surface area contributed by atoms with Crippen molar-refractivity contribution in [2.24, 2.45) is 11.6 Å². The van der Waals surface area contributed by atoms with E-state index >= 15 is 0 Å². The van der Waals surface area contributed by atoms with E-state index in [4.69, 9.17) is 10.5 Å². The third-order valence-corrected chi connectivity index (χ3v) is 1.82. The Kier molecular flexibility index (Phi) is 7.57. The molecule has 4 N–H and O–H groups in total. The van der Waals surface area contributed by atoms with Crippen LogP contribution in [0, 0.1) is 0 Å². The fourth-order valence-corrected chi connectivity index (χ4v) is 0.947. The number of carbonyl (C=O) groups excluding carboxylic acids is 2. The van der Waals surface area contributed by atoms with Crippen LogP contribution in [0.3, 0.4) is 0 Å². The van der Waals surface area contributed by atoms with Crippen LogP contribution < -0.4 is 11.6 Å². The van der Waals surface area contributed by atoms with Gasteiger partial charge < -0.3 is 15.3 Å². The lowest BCUT2D eigenvalue weighted by molar-refractivity contribution is -0.152. The number of hydrogen-bond acceptors (Lipinski definition) is 6. The summed E-state index contributed by atoms with van der Waals surface area (Å²) in [5.41, 5.74) is 5.30. The summed E-state index contributed by atoms with van der Waals surface area (Å²) in [6, 6.07) is -1.05. The van der Waals surface area contributed by atoms with E-state index in [9.17, 15) is 9.59 Å². The number of esters is 1. The van der Waals surface area contributed by atoms with Crippen LogP contribution in [0.2, 0.25) is 0 Å². The van der Waals surface area contributed by atoms with Crippen molar-refractivity contribution in [3.8, 4) is 0 Å². The summed E-state index contributed by atoms with van der Waals surface area (Å²) >= 11 is 0. The smallest absolute Gasteiger partial charge is 0.341 e. The molecule has 88 valence electrons. The minimum absolute atomic E-state index is 0.206. The molecule has 0 aromatic carbocycles. The molecule has 6 nitrogen and oxygen atoms in total. The molecule has 0 aromatic heterocycles. The normalized spacial score (nSPS) is 11.9. The molecule has 6 heteroatoms. The quantitative estimate of drug-likeness (QED) is 0.350. The van der Waals surface area contributed by atoms with Crippen LogP contribution in [-0.2, 0) is 19.2 Å². The van der Waals surface area contributed by atoms with Crippen molar-refractivity contribution in [1.82, 2.24) is 0 Å². The molecule has 0 aliphatic carbocycles. The summed E-state index contributed by atoms with van der Waals surface area (Å²) in [7, 11) is 0. The van der Waals surface area contributed by atoms with E-state index in [1.165, 1.54) is 0 Å². The Morgan fingerprint density at radius 3 is 2.53 bits per heavy atom. The molecule has 0 heterocycles. The Balaban J connectivity index is 3.60. The van der Waals surface area contributed by atoms with Crippen LogP contribution in [0.5, 0.6) is 0 Å². The summed E-state index contributed by atoms with van der Waals surface area (Å²) in [4.78, 5) is 25.7. The van der Waals surface area contributed by atoms with Crippen molar-refractivity contribution in [3.05, 3.63) is 0 Å². The van der Waals surface area contributed by atoms with Crippen LogP contribution in [0.25, 0.3) is 0 Å². The summed E-state index contributed by atoms with van der Waals surface area (Å²) < 4.78 is 4.84. The Morgan fingerprint density at radius 1 is 1.33 bits per heavy atom. The lowest BCUT2D eigenvalue weighted by Gasteiger charge is -2.08. The van der Waals surface area contributed by atoms with Gasteiger partial charge in [0.25, 0.3) is 0 Å². The van der Waals surface area contributed by atoms with Crippen LogP contribution in [0.4, 0.5) is 0 Å². The molecule has 0 aliphatic heterocycles. The predicted molar refractivity (Wildman–Crippen MR) is 53.4 cm³/mol. The van der Waals surface area contributed by atoms with Crippen molar-refractivity contribution < 1.29 is 19.2 Å². The molecule has 0 amide bonds. The molecule has 1 unspecified atom stereocenters. The zero-order valence-corrected chi connectivity index (χ0v) is 8.90. The number of ether oxygens (including phenoxy) is 1. The molecule has 15 heavy (non-hydrogen) atoms. The minimum atomic E-state index is -1.05. The van der Waals surface area contributed by atoms with Crippen molar-refractivity contribution in [1.29, 1.82) is 0 Å². The third kappa shape index (κ3) is 6.87. The first kappa shape index (κ1) is 13.9. The van der Waals surface area contributed by atoms with E-state index in [1.807, 2.05) is 0 Å². The van der Waals surface area contributed by atoms with Crippen LogP contribution in [0.15, 0.2) is 0 Å². The zero-order chi connectivity index (χ0) is 11.7. The molecule has 0 saturated carbocycles. The summed E-state index contributed by atoms with van der Waals surface area (Å²) in [5.74, 6) is 3.28. The molecular weight excluding hydrogens is 200 g/mol. The van der Waals surface area contributed by atoms with Gasteiger partial charge in [-0.1, -0.05) is 19.8 Å². The van der Waals surface area contributed by atoms with Crippen LogP contribution in [-0.4, -0.2) is 24.6 Å². The third-order valence-electron chi connectivity index (χ3n) is 1.82. The molecule has 1 atom stereocenters. The van der Waals surface area contributed by atoms with Gasteiger partial charge in [-0.3, -0.25) is 4.79 Å². The molecule has 0 aliphatic rings. The van der Waals surface area contributed by atoms with Gasteiger partial charge in [0.15, 0.2) is 0 Å². The van der Waals surface area contributed by atoms with Gasteiger partial charge in [-0.05, 0) is 6.42 Å². The highest BCUT2D eigenvalue weighted by atomic mass is 16.7. The van der Waals surface area contributed by atoms with Gasteiger partial charge in [0.2, 0.25) is 0 Å². The Morgan fingerprint density at radius 2 is 2.00 bits per heavy atom. The highest BCUT2D eigenvalue weighted by molar-refractivity contribution is 5.82. The van der Waals surface area contributed by atoms with Gasteiger partial charge in [-0.15, -0.1) is 0 Å². The van der Waals surface area contributed by atoms with Crippen molar-refractivity contribution in [2.75, 3.05) is 6.61 Å². The van der Waals surface area contributed by atoms with E-state index in [0.29, 0.717) is 6.61 Å². The van der Waals surface area contributed by atoms with Gasteiger partial charge in [0, 0.05) is 0 Å². The van der Waals surface area contributed by atoms with Crippen LogP contribution in [0.1, 0.15) is 32.6 Å². The summed E-state index contributed by atoms with van der Waals surface area (Å²) in [6.07, 6.45) is 2.67. The monoisotopic (exact) mass is 218 g/mol. The number of unbranched alkanes of at least 4 members (excludes halogenated alkanes) is 2. The topological polar surface area (TPSA) is 105 Å². The van der Waals surface area contributed by atoms with Gasteiger partial charge >= 0.3 is 11.9 Å². The van der Waals surface area contributed by atoms with Crippen LogP contribution >= 0.6 is 0 Å². The van der Waals surface area contributed by atoms with Crippen molar-refractivity contribution in [2.45, 2.75) is 38.6 Å². The first-order valence-electron chi connectivity index (χ1n) is 4.93. The fourth-order valence-electron chi connectivity index (χ4n) is 0.947. The number of carbonyl (C=O) groups is 2.